The van der Waals surface area contributed by atoms with Gasteiger partial charge in [-0.15, -0.1) is 0 Å². The van der Waals surface area contributed by atoms with Gasteiger partial charge in [-0.2, -0.15) is 0 Å². The van der Waals surface area contributed by atoms with Crippen molar-refractivity contribution in [1.29, 1.82) is 0 Å². The molecule has 212 valence electrons. The van der Waals surface area contributed by atoms with Crippen molar-refractivity contribution in [3.05, 3.63) is 95.8 Å². The Morgan fingerprint density at radius 1 is 0.829 bits per heavy atom. The summed E-state index contributed by atoms with van der Waals surface area (Å²) in [5, 5.41) is 0. The second kappa shape index (κ2) is 12.1. The van der Waals surface area contributed by atoms with Gasteiger partial charge in [-0.3, -0.25) is 14.5 Å². The third-order valence-electron chi connectivity index (χ3n) is 8.35. The monoisotopic (exact) mass is 551 g/mol. The lowest BCUT2D eigenvalue weighted by Gasteiger charge is -2.39. The molecule has 0 N–H and O–H groups in total. The van der Waals surface area contributed by atoms with Gasteiger partial charge in [-0.05, 0) is 61.3 Å². The first-order valence-corrected chi connectivity index (χ1v) is 14.5. The number of benzene rings is 3. The van der Waals surface area contributed by atoms with E-state index in [1.54, 1.807) is 7.11 Å². The fourth-order valence-electron chi connectivity index (χ4n) is 6.09. The highest BCUT2D eigenvalue weighted by molar-refractivity contribution is 5.94. The number of ether oxygens (including phenoxy) is 1. The molecule has 3 heterocycles. The molecule has 8 heteroatoms. The van der Waals surface area contributed by atoms with Crippen LogP contribution in [0.3, 0.4) is 0 Å². The van der Waals surface area contributed by atoms with E-state index >= 15 is 0 Å². The number of likely N-dealkylation sites (tertiary alicyclic amines) is 1. The summed E-state index contributed by atoms with van der Waals surface area (Å²) in [7, 11) is 1.68. The Morgan fingerprint density at radius 3 is 2.29 bits per heavy atom. The van der Waals surface area contributed by atoms with Gasteiger partial charge in [0.2, 0.25) is 5.91 Å². The van der Waals surface area contributed by atoms with E-state index in [4.69, 9.17) is 9.72 Å². The van der Waals surface area contributed by atoms with Gasteiger partial charge in [0.1, 0.15) is 11.6 Å². The lowest BCUT2D eigenvalue weighted by Crippen LogP contribution is -2.53. The number of hydrogen-bond acceptors (Lipinski definition) is 5. The van der Waals surface area contributed by atoms with Gasteiger partial charge in [-0.25, -0.2) is 4.98 Å². The number of fused-ring (bicyclic) bond motifs is 1. The number of piperidine rings is 1. The molecular weight excluding hydrogens is 514 g/mol. The van der Waals surface area contributed by atoms with Gasteiger partial charge in [-0.1, -0.05) is 42.5 Å². The van der Waals surface area contributed by atoms with Crippen molar-refractivity contribution >= 4 is 22.8 Å². The second-order valence-corrected chi connectivity index (χ2v) is 11.0. The molecule has 0 saturated carbocycles. The van der Waals surface area contributed by atoms with Crippen LogP contribution in [0.2, 0.25) is 0 Å². The molecule has 2 aliphatic rings. The molecule has 2 aliphatic heterocycles. The molecule has 2 amide bonds. The van der Waals surface area contributed by atoms with E-state index in [0.717, 1.165) is 55.1 Å². The molecule has 2 fully saturated rings. The van der Waals surface area contributed by atoms with Crippen molar-refractivity contribution in [3.63, 3.8) is 0 Å². The quantitative estimate of drug-likeness (QED) is 0.343. The lowest BCUT2D eigenvalue weighted by atomic mass is 9.96. The van der Waals surface area contributed by atoms with Crippen LogP contribution in [0.25, 0.3) is 11.0 Å². The minimum absolute atomic E-state index is 0.0282. The van der Waals surface area contributed by atoms with Crippen molar-refractivity contribution in [1.82, 2.24) is 24.3 Å². The molecule has 4 aromatic rings. The van der Waals surface area contributed by atoms with Crippen LogP contribution in [0.5, 0.6) is 5.75 Å². The van der Waals surface area contributed by atoms with E-state index in [0.29, 0.717) is 38.3 Å². The summed E-state index contributed by atoms with van der Waals surface area (Å²) in [6.07, 6.45) is 1.89. The lowest BCUT2D eigenvalue weighted by molar-refractivity contribution is -0.139. The Balaban J connectivity index is 1.10. The van der Waals surface area contributed by atoms with Crippen LogP contribution >= 0.6 is 0 Å². The Bertz CT molecular complexity index is 1490. The number of imidazole rings is 1. The highest BCUT2D eigenvalue weighted by atomic mass is 16.5. The molecule has 0 spiro atoms. The zero-order valence-corrected chi connectivity index (χ0v) is 23.6. The number of nitrogens with zero attached hydrogens (tertiary/aromatic N) is 5. The van der Waals surface area contributed by atoms with Crippen LogP contribution in [-0.2, 0) is 17.9 Å². The van der Waals surface area contributed by atoms with E-state index in [-0.39, 0.29) is 17.7 Å². The number of para-hydroxylation sites is 2. The summed E-state index contributed by atoms with van der Waals surface area (Å²) < 4.78 is 7.63. The number of piperazine rings is 1. The predicted octanol–water partition coefficient (Wildman–Crippen LogP) is 4.29. The normalized spacial score (nSPS) is 18.0. The van der Waals surface area contributed by atoms with Crippen LogP contribution in [-0.4, -0.2) is 82.4 Å². The highest BCUT2D eigenvalue weighted by Gasteiger charge is 2.32. The topological polar surface area (TPSA) is 70.9 Å². The van der Waals surface area contributed by atoms with E-state index in [2.05, 4.69) is 39.8 Å². The Labute approximate surface area is 241 Å². The zero-order valence-electron chi connectivity index (χ0n) is 23.6. The average molecular weight is 552 g/mol. The minimum atomic E-state index is -0.0282. The first-order chi connectivity index (χ1) is 20.1. The smallest absolute Gasteiger partial charge is 0.253 e. The van der Waals surface area contributed by atoms with Gasteiger partial charge >= 0.3 is 0 Å². The fraction of sp³-hybridized carbons (Fsp3) is 0.364. The van der Waals surface area contributed by atoms with Crippen LogP contribution in [0, 0.1) is 5.92 Å². The van der Waals surface area contributed by atoms with Crippen molar-refractivity contribution in [2.45, 2.75) is 25.9 Å². The first-order valence-electron chi connectivity index (χ1n) is 14.5. The number of amides is 2. The molecular formula is C33H37N5O3. The molecule has 0 radical (unpaired) electrons. The van der Waals surface area contributed by atoms with Gasteiger partial charge in [0.25, 0.3) is 5.91 Å². The van der Waals surface area contributed by atoms with Gasteiger partial charge in [0.05, 0.1) is 30.6 Å². The molecule has 0 unspecified atom stereocenters. The summed E-state index contributed by atoms with van der Waals surface area (Å²) in [5.74, 6) is 2.09. The van der Waals surface area contributed by atoms with Gasteiger partial charge in [0, 0.05) is 44.8 Å². The Morgan fingerprint density at radius 2 is 1.54 bits per heavy atom. The van der Waals surface area contributed by atoms with Crippen LogP contribution in [0.4, 0.5) is 0 Å². The van der Waals surface area contributed by atoms with Gasteiger partial charge < -0.3 is 19.1 Å². The summed E-state index contributed by atoms with van der Waals surface area (Å²) in [6, 6.07) is 25.8. The van der Waals surface area contributed by atoms with E-state index in [1.165, 1.54) is 5.56 Å². The minimum Gasteiger partial charge on any atom is -0.497 e. The maximum absolute atomic E-state index is 13.6. The molecule has 2 saturated heterocycles. The number of hydrogen-bond donors (Lipinski definition) is 0. The zero-order chi connectivity index (χ0) is 28.2. The summed E-state index contributed by atoms with van der Waals surface area (Å²) in [4.78, 5) is 37.6. The van der Waals surface area contributed by atoms with Crippen molar-refractivity contribution < 1.29 is 14.3 Å². The van der Waals surface area contributed by atoms with Crippen molar-refractivity contribution in [2.75, 3.05) is 46.4 Å². The predicted molar refractivity (Wildman–Crippen MR) is 159 cm³/mol. The molecule has 8 nitrogen and oxygen atoms in total. The fourth-order valence-corrected chi connectivity index (χ4v) is 6.09. The van der Waals surface area contributed by atoms with E-state index in [9.17, 15) is 9.59 Å². The van der Waals surface area contributed by atoms with Crippen LogP contribution < -0.4 is 4.74 Å². The number of methoxy groups -OCH3 is 1. The van der Waals surface area contributed by atoms with Crippen LogP contribution in [0.1, 0.15) is 34.6 Å². The standard InChI is InChI=1S/C33H37N5O3/c1-41-28-15-13-25(14-16-28)22-38-30-12-6-5-11-29(30)34-31(38)24-35-17-7-10-27(23-35)33(40)37-20-18-36(19-21-37)32(39)26-8-3-2-4-9-26/h2-6,8-9,11-16,27H,7,10,17-24H2,1H3/t27-/m1/s1. The molecule has 0 aliphatic carbocycles. The third kappa shape index (κ3) is 5.98. The molecule has 6 rings (SSSR count). The molecule has 41 heavy (non-hydrogen) atoms. The second-order valence-electron chi connectivity index (χ2n) is 11.0. The first kappa shape index (κ1) is 27.0. The van der Waals surface area contributed by atoms with Crippen molar-refractivity contribution in [2.24, 2.45) is 5.92 Å². The number of aromatic nitrogens is 2. The SMILES string of the molecule is COc1ccc(Cn2c(CN3CCC[C@@H](C(=O)N4CCN(C(=O)c5ccccc5)CC4)C3)nc3ccccc32)cc1. The molecule has 3 aromatic carbocycles. The summed E-state index contributed by atoms with van der Waals surface area (Å²) >= 11 is 0. The summed E-state index contributed by atoms with van der Waals surface area (Å²) in [5.41, 5.74) is 3.99. The maximum atomic E-state index is 13.6. The Hall–Kier alpha value is -4.17. The summed E-state index contributed by atoms with van der Waals surface area (Å²) in [6.45, 7) is 5.44. The average Bonchev–Trinajstić information content (AvgIpc) is 3.37. The van der Waals surface area contributed by atoms with Crippen LogP contribution in [0.15, 0.2) is 78.9 Å². The van der Waals surface area contributed by atoms with Crippen molar-refractivity contribution in [3.8, 4) is 5.75 Å². The largest absolute Gasteiger partial charge is 0.497 e. The third-order valence-corrected chi connectivity index (χ3v) is 8.35. The number of carbonyl (C=O) groups is 2. The maximum Gasteiger partial charge on any atom is 0.253 e. The number of rotatable bonds is 7. The van der Waals surface area contributed by atoms with E-state index < -0.39 is 0 Å². The highest BCUT2D eigenvalue weighted by Crippen LogP contribution is 2.25. The van der Waals surface area contributed by atoms with Gasteiger partial charge in [0.15, 0.2) is 0 Å². The van der Waals surface area contributed by atoms with E-state index in [1.807, 2.05) is 58.3 Å². The molecule has 0 bridgehead atoms. The number of carbonyl (C=O) groups excluding carboxylic acids is 2. The molecule has 1 aromatic heterocycles. The molecule has 1 atom stereocenters. The Kier molecular flexibility index (Phi) is 8.00.